The summed E-state index contributed by atoms with van der Waals surface area (Å²) in [5.74, 6) is 0. The van der Waals surface area contributed by atoms with Crippen molar-refractivity contribution in [3.05, 3.63) is 41.5 Å². The van der Waals surface area contributed by atoms with Gasteiger partial charge in [0.05, 0.1) is 5.56 Å². The molecule has 0 amide bonds. The molecule has 1 aromatic carbocycles. The molecule has 16 heavy (non-hydrogen) atoms. The van der Waals surface area contributed by atoms with E-state index in [1.807, 2.05) is 32.9 Å². The molecule has 0 radical (unpaired) electrons. The van der Waals surface area contributed by atoms with E-state index < -0.39 is 11.7 Å². The minimum absolute atomic E-state index is 0.0305. The highest BCUT2D eigenvalue weighted by atomic mass is 19.4. The van der Waals surface area contributed by atoms with Gasteiger partial charge in [0, 0.05) is 0 Å². The van der Waals surface area contributed by atoms with Gasteiger partial charge in [-0.1, -0.05) is 45.1 Å². The van der Waals surface area contributed by atoms with Crippen LogP contribution in [0.5, 0.6) is 0 Å². The molecule has 0 saturated carbocycles. The molecule has 0 aromatic heterocycles. The lowest BCUT2D eigenvalue weighted by molar-refractivity contribution is -0.137. The summed E-state index contributed by atoms with van der Waals surface area (Å²) < 4.78 is 36.8. The fraction of sp³-hybridized carbons (Fsp3) is 0.385. The van der Waals surface area contributed by atoms with Crippen LogP contribution in [0.25, 0.3) is 6.08 Å². The van der Waals surface area contributed by atoms with Crippen LogP contribution in [0.1, 0.15) is 31.9 Å². The Hall–Kier alpha value is -1.25. The van der Waals surface area contributed by atoms with E-state index in [2.05, 4.69) is 0 Å². The number of rotatable bonds is 1. The number of hydrogen-bond donors (Lipinski definition) is 0. The van der Waals surface area contributed by atoms with Crippen LogP contribution in [-0.2, 0) is 6.18 Å². The van der Waals surface area contributed by atoms with Gasteiger partial charge >= 0.3 is 6.18 Å². The molecule has 0 aliphatic carbocycles. The third kappa shape index (κ3) is 4.09. The van der Waals surface area contributed by atoms with Gasteiger partial charge in [-0.25, -0.2) is 0 Å². The first-order chi connectivity index (χ1) is 7.18. The molecule has 1 aromatic rings. The van der Waals surface area contributed by atoms with Crippen LogP contribution in [0, 0.1) is 5.41 Å². The van der Waals surface area contributed by atoms with Crippen LogP contribution < -0.4 is 0 Å². The van der Waals surface area contributed by atoms with Crippen molar-refractivity contribution in [3.8, 4) is 0 Å². The molecule has 0 nitrogen and oxygen atoms in total. The highest BCUT2D eigenvalue weighted by molar-refractivity contribution is 5.50. The Balaban J connectivity index is 2.85. The molecule has 0 atom stereocenters. The SMILES string of the molecule is CC(C)(C)/C=C/c1ccc(C(F)(F)F)cc1. The molecule has 0 N–H and O–H groups in total. The Labute approximate surface area is 93.8 Å². The second-order valence-electron chi connectivity index (χ2n) is 4.82. The van der Waals surface area contributed by atoms with E-state index in [1.165, 1.54) is 12.1 Å². The van der Waals surface area contributed by atoms with Gasteiger partial charge in [-0.15, -0.1) is 0 Å². The fourth-order valence-corrected chi connectivity index (χ4v) is 1.13. The van der Waals surface area contributed by atoms with Gasteiger partial charge in [-0.2, -0.15) is 13.2 Å². The maximum absolute atomic E-state index is 12.3. The monoisotopic (exact) mass is 228 g/mol. The molecule has 0 aliphatic heterocycles. The minimum Gasteiger partial charge on any atom is -0.166 e. The van der Waals surface area contributed by atoms with Crippen molar-refractivity contribution < 1.29 is 13.2 Å². The van der Waals surface area contributed by atoms with E-state index in [0.717, 1.165) is 17.7 Å². The first kappa shape index (κ1) is 12.8. The molecule has 1 rings (SSSR count). The number of benzene rings is 1. The Morgan fingerprint density at radius 1 is 0.938 bits per heavy atom. The van der Waals surface area contributed by atoms with Gasteiger partial charge in [0.1, 0.15) is 0 Å². The van der Waals surface area contributed by atoms with Crippen LogP contribution >= 0.6 is 0 Å². The molecular weight excluding hydrogens is 213 g/mol. The van der Waals surface area contributed by atoms with Gasteiger partial charge in [-0.05, 0) is 23.1 Å². The maximum Gasteiger partial charge on any atom is 0.416 e. The lowest BCUT2D eigenvalue weighted by atomic mass is 9.95. The van der Waals surface area contributed by atoms with Crippen molar-refractivity contribution >= 4 is 6.08 Å². The molecule has 88 valence electrons. The Kier molecular flexibility index (Phi) is 3.46. The van der Waals surface area contributed by atoms with E-state index in [9.17, 15) is 13.2 Å². The topological polar surface area (TPSA) is 0 Å². The molecule has 3 heteroatoms. The number of halogens is 3. The van der Waals surface area contributed by atoms with Crippen molar-refractivity contribution in [2.24, 2.45) is 5.41 Å². The number of allylic oxidation sites excluding steroid dienone is 1. The fourth-order valence-electron chi connectivity index (χ4n) is 1.13. The zero-order valence-corrected chi connectivity index (χ0v) is 9.60. The standard InChI is InChI=1S/C13H15F3/c1-12(2,3)9-8-10-4-6-11(7-5-10)13(14,15)16/h4-9H,1-3H3/b9-8+. The van der Waals surface area contributed by atoms with Gasteiger partial charge in [0.15, 0.2) is 0 Å². The largest absolute Gasteiger partial charge is 0.416 e. The first-order valence-electron chi connectivity index (χ1n) is 5.05. The van der Waals surface area contributed by atoms with Crippen molar-refractivity contribution in [2.75, 3.05) is 0 Å². The molecule has 0 unspecified atom stereocenters. The predicted octanol–water partition coefficient (Wildman–Crippen LogP) is 4.76. The molecule has 0 saturated heterocycles. The lowest BCUT2D eigenvalue weighted by Gasteiger charge is -2.11. The van der Waals surface area contributed by atoms with Crippen LogP contribution in [0.3, 0.4) is 0 Å². The normalized spacial score (nSPS) is 13.4. The van der Waals surface area contributed by atoms with E-state index in [1.54, 1.807) is 0 Å². The highest BCUT2D eigenvalue weighted by Crippen LogP contribution is 2.29. The summed E-state index contributed by atoms with van der Waals surface area (Å²) in [5.41, 5.74) is 0.200. The van der Waals surface area contributed by atoms with Gasteiger partial charge in [-0.3, -0.25) is 0 Å². The Bertz CT molecular complexity index is 364. The van der Waals surface area contributed by atoms with E-state index in [4.69, 9.17) is 0 Å². The average Bonchev–Trinajstić information content (AvgIpc) is 2.13. The lowest BCUT2D eigenvalue weighted by Crippen LogP contribution is -2.04. The van der Waals surface area contributed by atoms with Crippen molar-refractivity contribution in [1.29, 1.82) is 0 Å². The maximum atomic E-state index is 12.3. The van der Waals surface area contributed by atoms with Crippen LogP contribution in [0.4, 0.5) is 13.2 Å². The van der Waals surface area contributed by atoms with Crippen LogP contribution in [0.2, 0.25) is 0 Å². The first-order valence-corrected chi connectivity index (χ1v) is 5.05. The highest BCUT2D eigenvalue weighted by Gasteiger charge is 2.29. The predicted molar refractivity (Wildman–Crippen MR) is 59.9 cm³/mol. The second-order valence-corrected chi connectivity index (χ2v) is 4.82. The van der Waals surface area contributed by atoms with Gasteiger partial charge < -0.3 is 0 Å². The zero-order valence-electron chi connectivity index (χ0n) is 9.60. The summed E-state index contributed by atoms with van der Waals surface area (Å²) in [5, 5.41) is 0. The van der Waals surface area contributed by atoms with Gasteiger partial charge in [0.25, 0.3) is 0 Å². The summed E-state index contributed by atoms with van der Waals surface area (Å²) in [4.78, 5) is 0. The quantitative estimate of drug-likeness (QED) is 0.649. The summed E-state index contributed by atoms with van der Waals surface area (Å²) in [6, 6.07) is 5.15. The minimum atomic E-state index is -4.26. The number of hydrogen-bond acceptors (Lipinski definition) is 0. The van der Waals surface area contributed by atoms with Crippen molar-refractivity contribution in [1.82, 2.24) is 0 Å². The second kappa shape index (κ2) is 4.32. The van der Waals surface area contributed by atoms with E-state index >= 15 is 0 Å². The number of alkyl halides is 3. The van der Waals surface area contributed by atoms with Crippen LogP contribution in [0.15, 0.2) is 30.3 Å². The average molecular weight is 228 g/mol. The summed E-state index contributed by atoms with van der Waals surface area (Å²) in [6.45, 7) is 6.11. The van der Waals surface area contributed by atoms with E-state index in [0.29, 0.717) is 0 Å². The molecule has 0 bridgehead atoms. The molecule has 0 spiro atoms. The third-order valence-electron chi connectivity index (χ3n) is 2.01. The summed E-state index contributed by atoms with van der Waals surface area (Å²) in [7, 11) is 0. The van der Waals surface area contributed by atoms with Crippen LogP contribution in [-0.4, -0.2) is 0 Å². The molecular formula is C13H15F3. The van der Waals surface area contributed by atoms with E-state index in [-0.39, 0.29) is 5.41 Å². The molecule has 0 heterocycles. The van der Waals surface area contributed by atoms with Gasteiger partial charge in [0.2, 0.25) is 0 Å². The molecule has 0 aliphatic rings. The Morgan fingerprint density at radius 3 is 1.81 bits per heavy atom. The summed E-state index contributed by atoms with van der Waals surface area (Å²) in [6.07, 6.45) is -0.456. The molecule has 0 fully saturated rings. The smallest absolute Gasteiger partial charge is 0.166 e. The van der Waals surface area contributed by atoms with Crippen molar-refractivity contribution in [2.45, 2.75) is 26.9 Å². The third-order valence-corrected chi connectivity index (χ3v) is 2.01. The zero-order chi connectivity index (χ0) is 12.4. The summed E-state index contributed by atoms with van der Waals surface area (Å²) >= 11 is 0. The van der Waals surface area contributed by atoms with Crippen molar-refractivity contribution in [3.63, 3.8) is 0 Å². The Morgan fingerprint density at radius 2 is 1.44 bits per heavy atom.